The molecule has 7 heavy (non-hydrogen) atoms. The van der Waals surface area contributed by atoms with Crippen molar-refractivity contribution in [2.45, 2.75) is 13.8 Å². The minimum atomic E-state index is -0.190. The average molecular weight is 123 g/mol. The fraction of sp³-hybridized carbons (Fsp3) is 1.00. The maximum atomic E-state index is 8.04. The molecule has 0 heterocycles. The van der Waals surface area contributed by atoms with E-state index in [1.807, 2.05) is 13.8 Å². The molecule has 1 N–H and O–H groups in total. The predicted molar refractivity (Wildman–Crippen MR) is 32.2 cm³/mol. The third-order valence-corrected chi connectivity index (χ3v) is 2.25. The van der Waals surface area contributed by atoms with Crippen LogP contribution in [0.15, 0.2) is 0 Å². The smallest absolute Gasteiger partial charge is 0.186 e. The number of rotatable bonds is 3. The van der Waals surface area contributed by atoms with E-state index in [-0.39, 0.29) is 11.2 Å². The van der Waals surface area contributed by atoms with Gasteiger partial charge < -0.3 is 0 Å². The Hall–Kier alpha value is 0.270. The van der Waals surface area contributed by atoms with Crippen LogP contribution in [0.5, 0.6) is 0 Å². The molecule has 44 valence electrons. The summed E-state index contributed by atoms with van der Waals surface area (Å²) in [6.07, 6.45) is 0. The maximum absolute atomic E-state index is 8.04. The van der Waals surface area contributed by atoms with E-state index in [2.05, 4.69) is 4.33 Å². The fourth-order valence-electron chi connectivity index (χ4n) is 0.310. The van der Waals surface area contributed by atoms with Crippen LogP contribution in [0.2, 0.25) is 0 Å². The Morgan fingerprint density at radius 2 is 1.86 bits per heavy atom. The molecule has 0 rings (SSSR count). The molecule has 0 fully saturated rings. The molecular weight excluding hydrogens is 112 g/mol. The lowest BCUT2D eigenvalue weighted by Crippen LogP contribution is -2.08. The van der Waals surface area contributed by atoms with Crippen LogP contribution in [-0.2, 0) is 15.5 Å². The van der Waals surface area contributed by atoms with Gasteiger partial charge in [0.1, 0.15) is 11.5 Å². The van der Waals surface area contributed by atoms with Gasteiger partial charge in [0, 0.05) is 0 Å². The zero-order valence-electron chi connectivity index (χ0n) is 4.68. The standard InChI is InChI=1S/C4H10O2S/c1-3-7(4-2)6-5/h3-4H2,1-2H3/p+1. The second-order valence-electron chi connectivity index (χ2n) is 1.09. The third kappa shape index (κ3) is 2.91. The molecule has 0 atom stereocenters. The van der Waals surface area contributed by atoms with Crippen molar-refractivity contribution >= 4 is 11.2 Å². The van der Waals surface area contributed by atoms with Crippen LogP contribution in [0.25, 0.3) is 0 Å². The van der Waals surface area contributed by atoms with Crippen molar-refractivity contribution in [1.82, 2.24) is 0 Å². The lowest BCUT2D eigenvalue weighted by Gasteiger charge is -1.90. The Morgan fingerprint density at radius 3 is 1.86 bits per heavy atom. The van der Waals surface area contributed by atoms with E-state index >= 15 is 0 Å². The molecule has 0 radical (unpaired) electrons. The highest BCUT2D eigenvalue weighted by molar-refractivity contribution is 7.92. The summed E-state index contributed by atoms with van der Waals surface area (Å²) in [5.74, 6) is 1.82. The molecule has 0 bridgehead atoms. The molecule has 0 aromatic carbocycles. The van der Waals surface area contributed by atoms with Gasteiger partial charge in [0.05, 0.1) is 0 Å². The van der Waals surface area contributed by atoms with Gasteiger partial charge in [-0.3, -0.25) is 0 Å². The first-order chi connectivity index (χ1) is 3.35. The molecule has 3 heteroatoms. The van der Waals surface area contributed by atoms with Crippen LogP contribution < -0.4 is 0 Å². The summed E-state index contributed by atoms with van der Waals surface area (Å²) in [5.41, 5.74) is 0. The lowest BCUT2D eigenvalue weighted by molar-refractivity contribution is -0.122. The van der Waals surface area contributed by atoms with Crippen molar-refractivity contribution in [3.63, 3.8) is 0 Å². The third-order valence-electron chi connectivity index (χ3n) is 0.749. The minimum Gasteiger partial charge on any atom is -0.204 e. The Morgan fingerprint density at radius 1 is 1.43 bits per heavy atom. The summed E-state index contributed by atoms with van der Waals surface area (Å²) >= 11 is -0.190. The first-order valence-electron chi connectivity index (χ1n) is 2.34. The molecule has 0 amide bonds. The summed E-state index contributed by atoms with van der Waals surface area (Å²) < 4.78 is 4.08. The van der Waals surface area contributed by atoms with Gasteiger partial charge in [-0.25, -0.2) is 5.26 Å². The lowest BCUT2D eigenvalue weighted by atomic mass is 11.0. The Kier molecular flexibility index (Phi) is 4.60. The SMILES string of the molecule is CC[S+](CC)OO. The molecule has 0 saturated heterocycles. The van der Waals surface area contributed by atoms with Gasteiger partial charge in [-0.1, -0.05) is 0 Å². The van der Waals surface area contributed by atoms with Gasteiger partial charge in [0.15, 0.2) is 11.2 Å². The summed E-state index contributed by atoms with van der Waals surface area (Å²) in [4.78, 5) is 0. The van der Waals surface area contributed by atoms with Gasteiger partial charge in [-0.2, -0.15) is 0 Å². The largest absolute Gasteiger partial charge is 0.204 e. The monoisotopic (exact) mass is 123 g/mol. The maximum Gasteiger partial charge on any atom is 0.186 e. The van der Waals surface area contributed by atoms with Crippen LogP contribution in [-0.4, -0.2) is 16.8 Å². The van der Waals surface area contributed by atoms with Gasteiger partial charge in [-0.15, -0.1) is 0 Å². The minimum absolute atomic E-state index is 0.190. The van der Waals surface area contributed by atoms with Gasteiger partial charge in [-0.05, 0) is 18.2 Å². The van der Waals surface area contributed by atoms with Gasteiger partial charge >= 0.3 is 0 Å². The summed E-state index contributed by atoms with van der Waals surface area (Å²) in [7, 11) is 0. The van der Waals surface area contributed by atoms with E-state index in [4.69, 9.17) is 5.26 Å². The van der Waals surface area contributed by atoms with E-state index in [9.17, 15) is 0 Å². The predicted octanol–water partition coefficient (Wildman–Crippen LogP) is 1.05. The zero-order valence-corrected chi connectivity index (χ0v) is 5.49. The summed E-state index contributed by atoms with van der Waals surface area (Å²) in [6.45, 7) is 3.98. The molecular formula is C4H11O2S+. The van der Waals surface area contributed by atoms with Crippen molar-refractivity contribution in [2.24, 2.45) is 0 Å². The van der Waals surface area contributed by atoms with E-state index in [1.165, 1.54) is 0 Å². The molecule has 0 aliphatic rings. The van der Waals surface area contributed by atoms with Crippen molar-refractivity contribution in [1.29, 1.82) is 0 Å². The average Bonchev–Trinajstić information content (AvgIpc) is 1.72. The number of hydrogen-bond donors (Lipinski definition) is 1. The van der Waals surface area contributed by atoms with E-state index in [1.54, 1.807) is 0 Å². The molecule has 0 aliphatic heterocycles. The molecule has 0 aliphatic carbocycles. The highest BCUT2D eigenvalue weighted by Gasteiger charge is 2.11. The van der Waals surface area contributed by atoms with Crippen molar-refractivity contribution in [3.8, 4) is 0 Å². The Balaban J connectivity index is 2.99. The molecule has 0 aromatic heterocycles. The van der Waals surface area contributed by atoms with Crippen molar-refractivity contribution in [3.05, 3.63) is 0 Å². The summed E-state index contributed by atoms with van der Waals surface area (Å²) in [6, 6.07) is 0. The van der Waals surface area contributed by atoms with Gasteiger partial charge in [0.2, 0.25) is 0 Å². The normalized spacial score (nSPS) is 10.3. The fourth-order valence-corrected chi connectivity index (χ4v) is 0.929. The van der Waals surface area contributed by atoms with Crippen LogP contribution in [0.4, 0.5) is 0 Å². The molecule has 2 nitrogen and oxygen atoms in total. The summed E-state index contributed by atoms with van der Waals surface area (Å²) in [5, 5.41) is 8.04. The van der Waals surface area contributed by atoms with E-state index < -0.39 is 0 Å². The Bertz CT molecular complexity index is 31.2. The zero-order chi connectivity index (χ0) is 5.70. The van der Waals surface area contributed by atoms with Crippen LogP contribution in [0.1, 0.15) is 13.8 Å². The molecule has 0 saturated carbocycles. The second-order valence-corrected chi connectivity index (χ2v) is 3.28. The van der Waals surface area contributed by atoms with Crippen molar-refractivity contribution in [2.75, 3.05) is 11.5 Å². The first-order valence-corrected chi connectivity index (χ1v) is 3.83. The highest BCUT2D eigenvalue weighted by Crippen LogP contribution is 1.93. The highest BCUT2D eigenvalue weighted by atomic mass is 32.2. The van der Waals surface area contributed by atoms with Gasteiger partial charge in [0.25, 0.3) is 0 Å². The quantitative estimate of drug-likeness (QED) is 0.345. The second kappa shape index (κ2) is 4.43. The van der Waals surface area contributed by atoms with Crippen LogP contribution >= 0.6 is 0 Å². The van der Waals surface area contributed by atoms with Crippen LogP contribution in [0, 0.1) is 0 Å². The molecule has 0 spiro atoms. The van der Waals surface area contributed by atoms with Crippen LogP contribution in [0.3, 0.4) is 0 Å². The van der Waals surface area contributed by atoms with E-state index in [0.717, 1.165) is 11.5 Å². The topological polar surface area (TPSA) is 29.5 Å². The molecule has 0 aromatic rings. The molecule has 0 unspecified atom stereocenters. The van der Waals surface area contributed by atoms with E-state index in [0.29, 0.717) is 0 Å². The first kappa shape index (κ1) is 7.27. The Labute approximate surface area is 47.0 Å². The number of hydrogen-bond acceptors (Lipinski definition) is 2. The van der Waals surface area contributed by atoms with Crippen molar-refractivity contribution < 1.29 is 9.59 Å².